The molecule has 0 aromatic heterocycles. The molecular formula is C21H26N2. The van der Waals surface area contributed by atoms with E-state index in [-0.39, 0.29) is 0 Å². The summed E-state index contributed by atoms with van der Waals surface area (Å²) in [6.45, 7) is 10.0. The Bertz CT molecular complexity index is 748. The summed E-state index contributed by atoms with van der Waals surface area (Å²) in [6.07, 6.45) is 2.47. The first kappa shape index (κ1) is 14.8. The highest BCUT2D eigenvalue weighted by atomic mass is 15.2. The van der Waals surface area contributed by atoms with Crippen molar-refractivity contribution in [3.63, 3.8) is 0 Å². The molecule has 1 saturated heterocycles. The monoisotopic (exact) mass is 306 g/mol. The lowest BCUT2D eigenvalue weighted by atomic mass is 9.94. The number of fused-ring (bicyclic) bond motifs is 3. The van der Waals surface area contributed by atoms with Crippen LogP contribution in [0.1, 0.15) is 28.7 Å². The lowest BCUT2D eigenvalue weighted by molar-refractivity contribution is 0.612. The molecule has 0 amide bonds. The molecule has 4 rings (SSSR count). The van der Waals surface area contributed by atoms with Gasteiger partial charge in [-0.05, 0) is 79.6 Å². The Labute approximate surface area is 139 Å². The molecule has 1 unspecified atom stereocenters. The van der Waals surface area contributed by atoms with E-state index in [0.717, 1.165) is 19.6 Å². The van der Waals surface area contributed by atoms with Crippen molar-refractivity contribution in [3.8, 4) is 11.1 Å². The van der Waals surface area contributed by atoms with Crippen LogP contribution in [-0.2, 0) is 6.42 Å². The van der Waals surface area contributed by atoms with E-state index in [4.69, 9.17) is 0 Å². The standard InChI is InChI=1S/C21H26N2/c1-14-10-16(3)20(11-15(14)2)17-4-5-18-12-19-6-7-22-8-9-23(19)21(18)13-17/h4-5,10-11,13,19,22H,6-9,12H2,1-3H3. The summed E-state index contributed by atoms with van der Waals surface area (Å²) in [4.78, 5) is 2.63. The Kier molecular flexibility index (Phi) is 3.65. The fourth-order valence-corrected chi connectivity index (χ4v) is 4.16. The Morgan fingerprint density at radius 1 is 0.957 bits per heavy atom. The van der Waals surface area contributed by atoms with Gasteiger partial charge in [-0.1, -0.05) is 24.3 Å². The van der Waals surface area contributed by atoms with Gasteiger partial charge in [-0.3, -0.25) is 0 Å². The smallest absolute Gasteiger partial charge is 0.0408 e. The highest BCUT2D eigenvalue weighted by molar-refractivity contribution is 5.75. The second-order valence-corrected chi connectivity index (χ2v) is 7.18. The van der Waals surface area contributed by atoms with Gasteiger partial charge in [0.15, 0.2) is 0 Å². The van der Waals surface area contributed by atoms with Crippen molar-refractivity contribution in [1.29, 1.82) is 0 Å². The van der Waals surface area contributed by atoms with Crippen molar-refractivity contribution in [2.75, 3.05) is 24.5 Å². The fourth-order valence-electron chi connectivity index (χ4n) is 4.16. The molecule has 0 bridgehead atoms. The van der Waals surface area contributed by atoms with Gasteiger partial charge in [0.2, 0.25) is 0 Å². The molecule has 0 saturated carbocycles. The molecule has 1 fully saturated rings. The van der Waals surface area contributed by atoms with E-state index in [0.29, 0.717) is 6.04 Å². The molecule has 23 heavy (non-hydrogen) atoms. The zero-order chi connectivity index (χ0) is 16.0. The summed E-state index contributed by atoms with van der Waals surface area (Å²) in [5.74, 6) is 0. The van der Waals surface area contributed by atoms with Crippen LogP contribution in [0, 0.1) is 20.8 Å². The first-order chi connectivity index (χ1) is 11.1. The molecule has 2 nitrogen and oxygen atoms in total. The van der Waals surface area contributed by atoms with Crippen LogP contribution in [0.5, 0.6) is 0 Å². The molecule has 1 atom stereocenters. The predicted octanol–water partition coefficient (Wildman–Crippen LogP) is 4.00. The number of aryl methyl sites for hydroxylation is 3. The summed E-state index contributed by atoms with van der Waals surface area (Å²) in [5, 5.41) is 3.53. The van der Waals surface area contributed by atoms with Crippen molar-refractivity contribution in [2.24, 2.45) is 0 Å². The molecule has 0 aliphatic carbocycles. The predicted molar refractivity (Wildman–Crippen MR) is 98.4 cm³/mol. The molecule has 0 radical (unpaired) electrons. The number of hydrogen-bond acceptors (Lipinski definition) is 2. The van der Waals surface area contributed by atoms with Crippen LogP contribution in [0.15, 0.2) is 30.3 Å². The summed E-state index contributed by atoms with van der Waals surface area (Å²) >= 11 is 0. The lowest BCUT2D eigenvalue weighted by Crippen LogP contribution is -2.32. The van der Waals surface area contributed by atoms with Crippen LogP contribution in [0.2, 0.25) is 0 Å². The molecule has 2 aromatic carbocycles. The quantitative estimate of drug-likeness (QED) is 0.856. The molecule has 2 aromatic rings. The third kappa shape index (κ3) is 2.55. The van der Waals surface area contributed by atoms with Crippen LogP contribution in [0.25, 0.3) is 11.1 Å². The SMILES string of the molecule is Cc1cc(C)c(-c2ccc3c(c2)N2CCNCCC2C3)cc1C. The van der Waals surface area contributed by atoms with Crippen LogP contribution < -0.4 is 10.2 Å². The normalized spacial score (nSPS) is 20.1. The van der Waals surface area contributed by atoms with Gasteiger partial charge in [0.25, 0.3) is 0 Å². The fraction of sp³-hybridized carbons (Fsp3) is 0.429. The van der Waals surface area contributed by atoms with Gasteiger partial charge in [-0.15, -0.1) is 0 Å². The zero-order valence-electron chi connectivity index (χ0n) is 14.4. The Balaban J connectivity index is 1.76. The molecular weight excluding hydrogens is 280 g/mol. The average molecular weight is 306 g/mol. The molecule has 120 valence electrons. The number of anilines is 1. The average Bonchev–Trinajstić information content (AvgIpc) is 2.72. The van der Waals surface area contributed by atoms with Gasteiger partial charge in [-0.2, -0.15) is 0 Å². The van der Waals surface area contributed by atoms with Gasteiger partial charge in [0.05, 0.1) is 0 Å². The maximum Gasteiger partial charge on any atom is 0.0408 e. The van der Waals surface area contributed by atoms with Crippen molar-refractivity contribution < 1.29 is 0 Å². The van der Waals surface area contributed by atoms with E-state index in [1.807, 2.05) is 0 Å². The summed E-state index contributed by atoms with van der Waals surface area (Å²) < 4.78 is 0. The number of rotatable bonds is 1. The zero-order valence-corrected chi connectivity index (χ0v) is 14.4. The minimum absolute atomic E-state index is 0.691. The molecule has 2 heterocycles. The van der Waals surface area contributed by atoms with E-state index >= 15 is 0 Å². The van der Waals surface area contributed by atoms with E-state index < -0.39 is 0 Å². The third-order valence-electron chi connectivity index (χ3n) is 5.63. The van der Waals surface area contributed by atoms with Crippen LogP contribution >= 0.6 is 0 Å². The van der Waals surface area contributed by atoms with E-state index in [1.54, 1.807) is 0 Å². The van der Waals surface area contributed by atoms with Gasteiger partial charge >= 0.3 is 0 Å². The number of nitrogens with zero attached hydrogens (tertiary/aromatic N) is 1. The highest BCUT2D eigenvalue weighted by Crippen LogP contribution is 2.38. The first-order valence-corrected chi connectivity index (χ1v) is 8.82. The van der Waals surface area contributed by atoms with Crippen molar-refractivity contribution in [2.45, 2.75) is 39.7 Å². The van der Waals surface area contributed by atoms with Crippen LogP contribution in [-0.4, -0.2) is 25.7 Å². The van der Waals surface area contributed by atoms with Crippen molar-refractivity contribution in [1.82, 2.24) is 5.32 Å². The van der Waals surface area contributed by atoms with Crippen molar-refractivity contribution >= 4 is 5.69 Å². The minimum Gasteiger partial charge on any atom is -0.367 e. The highest BCUT2D eigenvalue weighted by Gasteiger charge is 2.30. The first-order valence-electron chi connectivity index (χ1n) is 8.82. The molecule has 1 N–H and O–H groups in total. The van der Waals surface area contributed by atoms with Gasteiger partial charge < -0.3 is 10.2 Å². The molecule has 2 aliphatic rings. The van der Waals surface area contributed by atoms with Crippen LogP contribution in [0.4, 0.5) is 5.69 Å². The van der Waals surface area contributed by atoms with E-state index in [2.05, 4.69) is 61.3 Å². The van der Waals surface area contributed by atoms with Crippen molar-refractivity contribution in [3.05, 3.63) is 52.6 Å². The largest absolute Gasteiger partial charge is 0.367 e. The molecule has 2 aliphatic heterocycles. The summed E-state index contributed by atoms with van der Waals surface area (Å²) in [5.41, 5.74) is 9.87. The van der Waals surface area contributed by atoms with E-state index in [1.165, 1.54) is 51.9 Å². The lowest BCUT2D eigenvalue weighted by Gasteiger charge is -2.25. The Hall–Kier alpha value is -1.80. The maximum absolute atomic E-state index is 3.53. The summed E-state index contributed by atoms with van der Waals surface area (Å²) in [6, 6.07) is 12.5. The maximum atomic E-state index is 3.53. The van der Waals surface area contributed by atoms with Gasteiger partial charge in [0, 0.05) is 24.8 Å². The Morgan fingerprint density at radius 2 is 1.78 bits per heavy atom. The molecule has 0 spiro atoms. The van der Waals surface area contributed by atoms with Gasteiger partial charge in [0.1, 0.15) is 0 Å². The number of hydrogen-bond donors (Lipinski definition) is 1. The molecule has 2 heteroatoms. The van der Waals surface area contributed by atoms with Gasteiger partial charge in [-0.25, -0.2) is 0 Å². The third-order valence-corrected chi connectivity index (χ3v) is 5.63. The minimum atomic E-state index is 0.691. The van der Waals surface area contributed by atoms with E-state index in [9.17, 15) is 0 Å². The number of nitrogens with one attached hydrogen (secondary N) is 1. The topological polar surface area (TPSA) is 15.3 Å². The Morgan fingerprint density at radius 3 is 2.65 bits per heavy atom. The number of benzene rings is 2. The second kappa shape index (κ2) is 5.68. The van der Waals surface area contributed by atoms with Crippen LogP contribution in [0.3, 0.4) is 0 Å². The summed E-state index contributed by atoms with van der Waals surface area (Å²) in [7, 11) is 0. The second-order valence-electron chi connectivity index (χ2n) is 7.18.